The zero-order valence-corrected chi connectivity index (χ0v) is 13.2. The normalized spacial score (nSPS) is 24.7. The Morgan fingerprint density at radius 3 is 2.87 bits per heavy atom. The Morgan fingerprint density at radius 1 is 1.30 bits per heavy atom. The number of aromatic amines is 1. The van der Waals surface area contributed by atoms with E-state index in [-0.39, 0.29) is 18.1 Å². The predicted octanol–water partition coefficient (Wildman–Crippen LogP) is 2.72. The molecule has 0 bridgehead atoms. The molecular formula is C18H21N3O2. The van der Waals surface area contributed by atoms with Crippen LogP contribution in [-0.4, -0.2) is 46.3 Å². The molecule has 1 aliphatic heterocycles. The van der Waals surface area contributed by atoms with E-state index in [1.807, 2.05) is 35.4 Å². The molecule has 0 radical (unpaired) electrons. The number of carbonyl (C=O) groups excluding carboxylic acids is 1. The molecule has 5 nitrogen and oxygen atoms in total. The van der Waals surface area contributed by atoms with Crippen molar-refractivity contribution in [3.63, 3.8) is 0 Å². The highest BCUT2D eigenvalue weighted by atomic mass is 16.5. The minimum absolute atomic E-state index is 0.0857. The molecule has 2 fully saturated rings. The van der Waals surface area contributed by atoms with Gasteiger partial charge in [0.05, 0.1) is 18.4 Å². The minimum atomic E-state index is 0.0857. The fourth-order valence-corrected chi connectivity index (χ4v) is 3.37. The zero-order valence-electron chi connectivity index (χ0n) is 13.2. The highest BCUT2D eigenvalue weighted by Crippen LogP contribution is 2.37. The van der Waals surface area contributed by atoms with Crippen LogP contribution in [0.3, 0.4) is 0 Å². The van der Waals surface area contributed by atoms with Crippen LogP contribution >= 0.6 is 0 Å². The van der Waals surface area contributed by atoms with Gasteiger partial charge in [-0.3, -0.25) is 9.89 Å². The number of ether oxygens (including phenoxy) is 1. The number of benzene rings is 1. The van der Waals surface area contributed by atoms with Crippen LogP contribution in [0.2, 0.25) is 0 Å². The molecule has 0 spiro atoms. The summed E-state index contributed by atoms with van der Waals surface area (Å²) in [4.78, 5) is 15.0. The van der Waals surface area contributed by atoms with E-state index < -0.39 is 0 Å². The fourth-order valence-electron chi connectivity index (χ4n) is 3.37. The molecule has 120 valence electrons. The Bertz CT molecular complexity index is 694. The van der Waals surface area contributed by atoms with E-state index in [2.05, 4.69) is 17.1 Å². The predicted molar refractivity (Wildman–Crippen MR) is 87.0 cm³/mol. The average Bonchev–Trinajstić information content (AvgIpc) is 3.28. The lowest BCUT2D eigenvalue weighted by atomic mass is 10.0. The van der Waals surface area contributed by atoms with Gasteiger partial charge in [-0.2, -0.15) is 5.10 Å². The summed E-state index contributed by atoms with van der Waals surface area (Å²) in [6.45, 7) is 3.41. The maximum atomic E-state index is 13.1. The molecule has 1 amide bonds. The van der Waals surface area contributed by atoms with Crippen molar-refractivity contribution in [2.75, 3.05) is 13.1 Å². The molecular weight excluding hydrogens is 290 g/mol. The van der Waals surface area contributed by atoms with Crippen molar-refractivity contribution in [3.05, 3.63) is 42.2 Å². The molecule has 2 unspecified atom stereocenters. The van der Waals surface area contributed by atoms with Crippen LogP contribution in [-0.2, 0) is 4.74 Å². The van der Waals surface area contributed by atoms with Crippen LogP contribution in [0, 0.1) is 5.92 Å². The average molecular weight is 311 g/mol. The van der Waals surface area contributed by atoms with Crippen LogP contribution in [0.25, 0.3) is 11.1 Å². The van der Waals surface area contributed by atoms with Crippen LogP contribution in [0.4, 0.5) is 0 Å². The first-order chi connectivity index (χ1) is 11.2. The maximum absolute atomic E-state index is 13.1. The number of hydrogen-bond donors (Lipinski definition) is 1. The lowest BCUT2D eigenvalue weighted by molar-refractivity contribution is -0.0761. The number of nitrogens with one attached hydrogen (secondary N) is 1. The van der Waals surface area contributed by atoms with E-state index in [1.54, 1.807) is 6.20 Å². The van der Waals surface area contributed by atoms with Gasteiger partial charge in [0.2, 0.25) is 0 Å². The monoisotopic (exact) mass is 311 g/mol. The van der Waals surface area contributed by atoms with Crippen LogP contribution in [0.15, 0.2) is 36.7 Å². The molecule has 1 saturated carbocycles. The second-order valence-electron chi connectivity index (χ2n) is 6.57. The van der Waals surface area contributed by atoms with Crippen molar-refractivity contribution in [2.45, 2.75) is 32.0 Å². The number of nitrogens with zero attached hydrogens (tertiary/aromatic N) is 2. The van der Waals surface area contributed by atoms with Gasteiger partial charge >= 0.3 is 0 Å². The van der Waals surface area contributed by atoms with Gasteiger partial charge in [-0.05, 0) is 37.3 Å². The Kier molecular flexibility index (Phi) is 3.65. The van der Waals surface area contributed by atoms with Gasteiger partial charge in [-0.15, -0.1) is 0 Å². The first-order valence-corrected chi connectivity index (χ1v) is 8.25. The number of amides is 1. The highest BCUT2D eigenvalue weighted by molar-refractivity contribution is 6.00. The molecule has 2 heterocycles. The standard InChI is InChI=1S/C18H21N3O2/c1-12-10-21(11-17(23-12)13-6-7-13)18(22)16-5-3-2-4-15(16)14-8-19-20-9-14/h2-5,8-9,12-13,17H,6-7,10-11H2,1H3,(H,19,20). The van der Waals surface area contributed by atoms with E-state index in [1.165, 1.54) is 12.8 Å². The van der Waals surface area contributed by atoms with Crippen molar-refractivity contribution in [2.24, 2.45) is 5.92 Å². The van der Waals surface area contributed by atoms with Crippen molar-refractivity contribution >= 4 is 5.91 Å². The van der Waals surface area contributed by atoms with Gasteiger partial charge in [0, 0.05) is 30.4 Å². The van der Waals surface area contributed by atoms with E-state index in [0.717, 1.165) is 16.7 Å². The van der Waals surface area contributed by atoms with Crippen molar-refractivity contribution in [1.29, 1.82) is 0 Å². The van der Waals surface area contributed by atoms with E-state index >= 15 is 0 Å². The Labute approximate surface area is 135 Å². The Morgan fingerprint density at radius 2 is 2.13 bits per heavy atom. The minimum Gasteiger partial charge on any atom is -0.371 e. The number of hydrogen-bond acceptors (Lipinski definition) is 3. The second-order valence-corrected chi connectivity index (χ2v) is 6.57. The van der Waals surface area contributed by atoms with E-state index in [0.29, 0.717) is 19.0 Å². The summed E-state index contributed by atoms with van der Waals surface area (Å²) in [6, 6.07) is 7.74. The summed E-state index contributed by atoms with van der Waals surface area (Å²) >= 11 is 0. The van der Waals surface area contributed by atoms with Gasteiger partial charge in [-0.1, -0.05) is 18.2 Å². The van der Waals surface area contributed by atoms with Gasteiger partial charge in [0.25, 0.3) is 5.91 Å². The van der Waals surface area contributed by atoms with Crippen LogP contribution in [0.1, 0.15) is 30.1 Å². The summed E-state index contributed by atoms with van der Waals surface area (Å²) in [7, 11) is 0. The molecule has 1 saturated heterocycles. The van der Waals surface area contributed by atoms with Gasteiger partial charge < -0.3 is 9.64 Å². The number of H-pyrrole nitrogens is 1. The lowest BCUT2D eigenvalue weighted by Crippen LogP contribution is -2.50. The number of rotatable bonds is 3. The van der Waals surface area contributed by atoms with Crippen molar-refractivity contribution < 1.29 is 9.53 Å². The first kappa shape index (κ1) is 14.5. The molecule has 2 aromatic rings. The topological polar surface area (TPSA) is 58.2 Å². The van der Waals surface area contributed by atoms with Crippen molar-refractivity contribution in [1.82, 2.24) is 15.1 Å². The van der Waals surface area contributed by atoms with Crippen LogP contribution < -0.4 is 0 Å². The number of carbonyl (C=O) groups is 1. The van der Waals surface area contributed by atoms with E-state index in [9.17, 15) is 4.79 Å². The molecule has 2 aliphatic rings. The zero-order chi connectivity index (χ0) is 15.8. The fraction of sp³-hybridized carbons (Fsp3) is 0.444. The largest absolute Gasteiger partial charge is 0.371 e. The van der Waals surface area contributed by atoms with Gasteiger partial charge in [-0.25, -0.2) is 0 Å². The SMILES string of the molecule is CC1CN(C(=O)c2ccccc2-c2cn[nH]c2)CC(C2CC2)O1. The summed E-state index contributed by atoms with van der Waals surface area (Å²) in [5.41, 5.74) is 2.60. The molecule has 4 rings (SSSR count). The summed E-state index contributed by atoms with van der Waals surface area (Å²) in [5.74, 6) is 0.722. The molecule has 5 heteroatoms. The maximum Gasteiger partial charge on any atom is 0.254 e. The number of morpholine rings is 1. The smallest absolute Gasteiger partial charge is 0.254 e. The van der Waals surface area contributed by atoms with E-state index in [4.69, 9.17) is 4.74 Å². The Hall–Kier alpha value is -2.14. The summed E-state index contributed by atoms with van der Waals surface area (Å²) in [6.07, 6.45) is 6.32. The second kappa shape index (κ2) is 5.81. The van der Waals surface area contributed by atoms with Crippen LogP contribution in [0.5, 0.6) is 0 Å². The number of aromatic nitrogens is 2. The van der Waals surface area contributed by atoms with Gasteiger partial charge in [0.15, 0.2) is 0 Å². The third-order valence-corrected chi connectivity index (χ3v) is 4.69. The molecule has 1 N–H and O–H groups in total. The van der Waals surface area contributed by atoms with Crippen molar-refractivity contribution in [3.8, 4) is 11.1 Å². The van der Waals surface area contributed by atoms with Gasteiger partial charge in [0.1, 0.15) is 0 Å². The quantitative estimate of drug-likeness (QED) is 0.948. The summed E-state index contributed by atoms with van der Waals surface area (Å²) < 4.78 is 6.02. The third-order valence-electron chi connectivity index (χ3n) is 4.69. The first-order valence-electron chi connectivity index (χ1n) is 8.25. The molecule has 1 aromatic heterocycles. The Balaban J connectivity index is 1.61. The molecule has 1 aromatic carbocycles. The molecule has 2 atom stereocenters. The third kappa shape index (κ3) is 2.88. The summed E-state index contributed by atoms with van der Waals surface area (Å²) in [5, 5.41) is 6.81. The lowest BCUT2D eigenvalue weighted by Gasteiger charge is -2.37. The molecule has 1 aliphatic carbocycles. The highest BCUT2D eigenvalue weighted by Gasteiger charge is 2.39. The molecule has 23 heavy (non-hydrogen) atoms.